The molecule has 0 N–H and O–H groups in total. The van der Waals surface area contributed by atoms with E-state index in [1.54, 1.807) is 11.1 Å². The van der Waals surface area contributed by atoms with Gasteiger partial charge in [0.15, 0.2) is 0 Å². The van der Waals surface area contributed by atoms with Crippen LogP contribution in [0.15, 0.2) is 53.1 Å². The summed E-state index contributed by atoms with van der Waals surface area (Å²) >= 11 is 6.04. The van der Waals surface area contributed by atoms with Crippen molar-refractivity contribution in [1.82, 2.24) is 0 Å². The van der Waals surface area contributed by atoms with Crippen LogP contribution in [0.4, 0.5) is 0 Å². The molecule has 0 saturated heterocycles. The van der Waals surface area contributed by atoms with Crippen LogP contribution in [0.1, 0.15) is 58.9 Å². The Hall–Kier alpha value is -1.27. The lowest BCUT2D eigenvalue weighted by atomic mass is 9.83. The van der Waals surface area contributed by atoms with Gasteiger partial charge in [0.2, 0.25) is 0 Å². The second kappa shape index (κ2) is 7.83. The summed E-state index contributed by atoms with van der Waals surface area (Å²) in [6.07, 6.45) is 9.35. The predicted octanol–water partition coefficient (Wildman–Crippen LogP) is 7.22. The van der Waals surface area contributed by atoms with E-state index < -0.39 is 0 Å². The van der Waals surface area contributed by atoms with E-state index in [-0.39, 0.29) is 0 Å². The number of hydrogen-bond acceptors (Lipinski definition) is 0. The van der Waals surface area contributed by atoms with Crippen LogP contribution >= 0.6 is 11.6 Å². The van der Waals surface area contributed by atoms with Crippen LogP contribution in [-0.4, -0.2) is 0 Å². The largest absolute Gasteiger partial charge is 0.0843 e. The van der Waals surface area contributed by atoms with Crippen molar-refractivity contribution in [2.75, 3.05) is 0 Å². The normalized spacial score (nSPS) is 18.9. The summed E-state index contributed by atoms with van der Waals surface area (Å²) in [5.41, 5.74) is 7.28. The molecule has 0 saturated carbocycles. The van der Waals surface area contributed by atoms with Crippen LogP contribution in [0.25, 0.3) is 5.57 Å². The summed E-state index contributed by atoms with van der Waals surface area (Å²) in [5, 5.41) is 0.796. The molecule has 1 aliphatic carbocycles. The van der Waals surface area contributed by atoms with Gasteiger partial charge in [-0.15, -0.1) is 0 Å². The Labute approximate surface area is 140 Å². The van der Waals surface area contributed by atoms with Gasteiger partial charge in [0.05, 0.1) is 0 Å². The van der Waals surface area contributed by atoms with E-state index >= 15 is 0 Å². The van der Waals surface area contributed by atoms with Gasteiger partial charge in [0.25, 0.3) is 0 Å². The van der Waals surface area contributed by atoms with E-state index in [9.17, 15) is 0 Å². The average Bonchev–Trinajstić information content (AvgIpc) is 2.71. The summed E-state index contributed by atoms with van der Waals surface area (Å²) in [5.74, 6) is 0.603. The second-order valence-corrected chi connectivity index (χ2v) is 6.33. The van der Waals surface area contributed by atoms with Crippen molar-refractivity contribution in [2.24, 2.45) is 5.92 Å². The fourth-order valence-electron chi connectivity index (χ4n) is 3.54. The number of hydrogen-bond donors (Lipinski definition) is 0. The van der Waals surface area contributed by atoms with Gasteiger partial charge in [0, 0.05) is 10.9 Å². The van der Waals surface area contributed by atoms with E-state index in [4.69, 9.17) is 11.6 Å². The molecule has 1 unspecified atom stereocenters. The van der Waals surface area contributed by atoms with Gasteiger partial charge in [-0.05, 0) is 54.5 Å². The Morgan fingerprint density at radius 1 is 0.864 bits per heavy atom. The van der Waals surface area contributed by atoms with Gasteiger partial charge >= 0.3 is 0 Å². The first-order valence-electron chi connectivity index (χ1n) is 8.54. The summed E-state index contributed by atoms with van der Waals surface area (Å²) < 4.78 is 0. The Kier molecular flexibility index (Phi) is 6.08. The molecule has 0 bridgehead atoms. The molecule has 1 aromatic carbocycles. The first kappa shape index (κ1) is 17.1. The highest BCUT2D eigenvalue weighted by Gasteiger charge is 2.21. The maximum atomic E-state index is 6.04. The van der Waals surface area contributed by atoms with Crippen molar-refractivity contribution in [1.29, 1.82) is 0 Å². The van der Waals surface area contributed by atoms with E-state index in [1.807, 2.05) is 12.1 Å². The molecular formula is C21H27Cl. The molecule has 1 atom stereocenters. The third-order valence-electron chi connectivity index (χ3n) is 4.71. The molecule has 0 heterocycles. The highest BCUT2D eigenvalue weighted by atomic mass is 35.5. The van der Waals surface area contributed by atoms with E-state index in [2.05, 4.69) is 52.0 Å². The van der Waals surface area contributed by atoms with Gasteiger partial charge in [0.1, 0.15) is 0 Å². The summed E-state index contributed by atoms with van der Waals surface area (Å²) in [4.78, 5) is 0. The molecule has 0 aliphatic heterocycles. The maximum absolute atomic E-state index is 6.04. The first-order chi connectivity index (χ1) is 10.6. The minimum atomic E-state index is 0.603. The Morgan fingerprint density at radius 3 is 2.05 bits per heavy atom. The minimum absolute atomic E-state index is 0.603. The lowest BCUT2D eigenvalue weighted by Gasteiger charge is -2.22. The molecule has 0 nitrogen and oxygen atoms in total. The van der Waals surface area contributed by atoms with E-state index in [0.717, 1.165) is 24.3 Å². The molecule has 0 aromatic heterocycles. The van der Waals surface area contributed by atoms with Gasteiger partial charge in [-0.25, -0.2) is 0 Å². The molecule has 1 aromatic rings. The number of allylic oxidation sites excluding steroid dienone is 6. The molecule has 0 spiro atoms. The van der Waals surface area contributed by atoms with Crippen molar-refractivity contribution in [3.8, 4) is 0 Å². The van der Waals surface area contributed by atoms with E-state index in [0.29, 0.717) is 5.92 Å². The maximum Gasteiger partial charge on any atom is 0.0406 e. The summed E-state index contributed by atoms with van der Waals surface area (Å²) in [6.45, 7) is 9.15. The summed E-state index contributed by atoms with van der Waals surface area (Å²) in [7, 11) is 0. The summed E-state index contributed by atoms with van der Waals surface area (Å²) in [6, 6.07) is 8.22. The van der Waals surface area contributed by atoms with Gasteiger partial charge < -0.3 is 0 Å². The van der Waals surface area contributed by atoms with Crippen LogP contribution in [-0.2, 0) is 0 Å². The minimum Gasteiger partial charge on any atom is -0.0843 e. The van der Waals surface area contributed by atoms with Gasteiger partial charge in [-0.2, -0.15) is 0 Å². The molecule has 0 fully saturated rings. The van der Waals surface area contributed by atoms with Crippen molar-refractivity contribution in [3.05, 3.63) is 63.7 Å². The van der Waals surface area contributed by atoms with Crippen LogP contribution in [0.5, 0.6) is 0 Å². The fraction of sp³-hybridized carbons (Fsp3) is 0.429. The third kappa shape index (κ3) is 3.55. The molecule has 22 heavy (non-hydrogen) atoms. The zero-order valence-electron chi connectivity index (χ0n) is 14.2. The molecule has 2 rings (SSSR count). The predicted molar refractivity (Wildman–Crippen MR) is 99.2 cm³/mol. The zero-order valence-corrected chi connectivity index (χ0v) is 15.0. The number of rotatable bonds is 5. The standard InChI is InChI=1S/C21H27Cl/c1-5-15-13-18(17-9-11-19(22)12-10-17)14-16(6-2)21(8-4)20(15)7-3/h9-14,20H,5-8H2,1-4H3. The van der Waals surface area contributed by atoms with Crippen molar-refractivity contribution >= 4 is 17.2 Å². The molecule has 1 aliphatic rings. The van der Waals surface area contributed by atoms with Crippen LogP contribution < -0.4 is 0 Å². The SMILES string of the molecule is CCC1=CC(c2ccc(Cl)cc2)=CC(CC)=C(CC)C1CC. The van der Waals surface area contributed by atoms with E-state index in [1.165, 1.54) is 23.1 Å². The second-order valence-electron chi connectivity index (χ2n) is 5.90. The van der Waals surface area contributed by atoms with Crippen molar-refractivity contribution < 1.29 is 0 Å². The topological polar surface area (TPSA) is 0 Å². The quantitative estimate of drug-likeness (QED) is 0.538. The zero-order chi connectivity index (χ0) is 16.1. The molecule has 118 valence electrons. The number of halogens is 1. The Bertz CT molecular complexity index is 599. The van der Waals surface area contributed by atoms with Gasteiger partial charge in [-0.3, -0.25) is 0 Å². The monoisotopic (exact) mass is 314 g/mol. The average molecular weight is 315 g/mol. The molecule has 0 radical (unpaired) electrons. The van der Waals surface area contributed by atoms with Crippen LogP contribution in [0.3, 0.4) is 0 Å². The molecule has 1 heteroatoms. The highest BCUT2D eigenvalue weighted by Crippen LogP contribution is 2.38. The fourth-order valence-corrected chi connectivity index (χ4v) is 3.66. The van der Waals surface area contributed by atoms with Crippen LogP contribution in [0, 0.1) is 5.92 Å². The third-order valence-corrected chi connectivity index (χ3v) is 4.96. The Morgan fingerprint density at radius 2 is 1.55 bits per heavy atom. The van der Waals surface area contributed by atoms with Gasteiger partial charge in [-0.1, -0.05) is 74.7 Å². The Balaban J connectivity index is 2.59. The number of benzene rings is 1. The van der Waals surface area contributed by atoms with Crippen molar-refractivity contribution in [2.45, 2.75) is 53.4 Å². The lowest BCUT2D eigenvalue weighted by molar-refractivity contribution is 0.633. The first-order valence-corrected chi connectivity index (χ1v) is 8.92. The molecule has 0 amide bonds. The lowest BCUT2D eigenvalue weighted by Crippen LogP contribution is -2.07. The van der Waals surface area contributed by atoms with Crippen LogP contribution in [0.2, 0.25) is 5.02 Å². The molecular weight excluding hydrogens is 288 g/mol. The van der Waals surface area contributed by atoms with Crippen molar-refractivity contribution in [3.63, 3.8) is 0 Å². The smallest absolute Gasteiger partial charge is 0.0406 e. The highest BCUT2D eigenvalue weighted by molar-refractivity contribution is 6.30.